The van der Waals surface area contributed by atoms with E-state index in [0.29, 0.717) is 34.8 Å². The Morgan fingerprint density at radius 2 is 1.97 bits per heavy atom. The molecule has 2 aliphatic rings. The quantitative estimate of drug-likeness (QED) is 0.285. The zero-order chi connectivity index (χ0) is 25.4. The van der Waals surface area contributed by atoms with Crippen LogP contribution in [0.15, 0.2) is 43.2 Å². The SMILES string of the molecule is C=CC(=O)N1[C@@H]2CC[C@H]1CC(Oc1cc3c(Nc4ccc(Cl)c(Cl)c4F)ncnc3cc1OCC)C2. The van der Waals surface area contributed by atoms with E-state index in [2.05, 4.69) is 21.9 Å². The number of benzene rings is 2. The average molecular weight is 531 g/mol. The molecule has 2 bridgehead atoms. The van der Waals surface area contributed by atoms with Gasteiger partial charge in [-0.15, -0.1) is 0 Å². The van der Waals surface area contributed by atoms with Crippen molar-refractivity contribution in [3.8, 4) is 11.5 Å². The lowest BCUT2D eigenvalue weighted by atomic mass is 9.99. The molecule has 36 heavy (non-hydrogen) atoms. The summed E-state index contributed by atoms with van der Waals surface area (Å²) in [6.45, 7) is 5.98. The van der Waals surface area contributed by atoms with Crippen LogP contribution in [0.4, 0.5) is 15.9 Å². The largest absolute Gasteiger partial charge is 0.490 e. The second-order valence-corrected chi connectivity index (χ2v) is 9.65. The van der Waals surface area contributed by atoms with Gasteiger partial charge >= 0.3 is 0 Å². The number of aromatic nitrogens is 2. The van der Waals surface area contributed by atoms with Gasteiger partial charge in [-0.25, -0.2) is 14.4 Å². The van der Waals surface area contributed by atoms with Crippen LogP contribution in [0, 0.1) is 5.82 Å². The van der Waals surface area contributed by atoms with Gasteiger partial charge in [0.1, 0.15) is 18.2 Å². The minimum atomic E-state index is -0.672. The number of amides is 1. The molecule has 2 saturated heterocycles. The molecule has 0 saturated carbocycles. The molecule has 0 spiro atoms. The fraction of sp³-hybridized carbons (Fsp3) is 0.346. The lowest BCUT2D eigenvalue weighted by molar-refractivity contribution is -0.131. The molecule has 1 amide bonds. The summed E-state index contributed by atoms with van der Waals surface area (Å²) in [6.07, 6.45) is 6.06. The van der Waals surface area contributed by atoms with Crippen molar-refractivity contribution in [1.82, 2.24) is 14.9 Å². The van der Waals surface area contributed by atoms with Crippen molar-refractivity contribution in [3.63, 3.8) is 0 Å². The molecule has 1 aromatic heterocycles. The first kappa shape index (κ1) is 24.6. The molecule has 2 fully saturated rings. The van der Waals surface area contributed by atoms with Gasteiger partial charge in [0.05, 0.1) is 27.9 Å². The van der Waals surface area contributed by atoms with E-state index in [1.807, 2.05) is 11.8 Å². The summed E-state index contributed by atoms with van der Waals surface area (Å²) in [4.78, 5) is 22.9. The summed E-state index contributed by atoms with van der Waals surface area (Å²) >= 11 is 11.9. The van der Waals surface area contributed by atoms with Crippen molar-refractivity contribution in [2.45, 2.75) is 50.8 Å². The fourth-order valence-electron chi connectivity index (χ4n) is 5.14. The number of rotatable bonds is 7. The molecule has 1 N–H and O–H groups in total. The second kappa shape index (κ2) is 10.1. The lowest BCUT2D eigenvalue weighted by Crippen LogP contribution is -2.48. The average Bonchev–Trinajstić information content (AvgIpc) is 3.14. The van der Waals surface area contributed by atoms with Crippen LogP contribution >= 0.6 is 23.2 Å². The second-order valence-electron chi connectivity index (χ2n) is 8.87. The van der Waals surface area contributed by atoms with Gasteiger partial charge < -0.3 is 19.7 Å². The molecule has 188 valence electrons. The minimum Gasteiger partial charge on any atom is -0.490 e. The third-order valence-corrected chi connectivity index (χ3v) is 7.48. The Morgan fingerprint density at radius 1 is 1.22 bits per heavy atom. The van der Waals surface area contributed by atoms with Crippen LogP contribution in [0.1, 0.15) is 32.6 Å². The van der Waals surface area contributed by atoms with Crippen LogP contribution in [0.25, 0.3) is 10.9 Å². The fourth-order valence-corrected chi connectivity index (χ4v) is 5.45. The van der Waals surface area contributed by atoms with E-state index in [1.54, 1.807) is 12.1 Å². The molecular formula is C26H25Cl2FN4O3. The topological polar surface area (TPSA) is 76.6 Å². The maximum Gasteiger partial charge on any atom is 0.246 e. The van der Waals surface area contributed by atoms with E-state index in [1.165, 1.54) is 24.5 Å². The highest BCUT2D eigenvalue weighted by Gasteiger charge is 2.43. The van der Waals surface area contributed by atoms with Gasteiger partial charge in [-0.3, -0.25) is 4.79 Å². The lowest BCUT2D eigenvalue weighted by Gasteiger charge is -2.38. The summed E-state index contributed by atoms with van der Waals surface area (Å²) in [5, 5.41) is 3.58. The molecule has 3 aromatic rings. The Morgan fingerprint density at radius 3 is 2.67 bits per heavy atom. The number of hydrogen-bond donors (Lipinski definition) is 1. The highest BCUT2D eigenvalue weighted by Crippen LogP contribution is 2.41. The molecule has 3 atom stereocenters. The molecular weight excluding hydrogens is 506 g/mol. The molecule has 3 heterocycles. The van der Waals surface area contributed by atoms with Gasteiger partial charge in [0.15, 0.2) is 17.3 Å². The van der Waals surface area contributed by atoms with Gasteiger partial charge in [0.25, 0.3) is 0 Å². The Balaban J connectivity index is 1.47. The number of carbonyl (C=O) groups is 1. The predicted molar refractivity (Wildman–Crippen MR) is 138 cm³/mol. The van der Waals surface area contributed by atoms with Gasteiger partial charge in [0.2, 0.25) is 5.91 Å². The number of carbonyl (C=O) groups excluding carboxylic acids is 1. The number of hydrogen-bond acceptors (Lipinski definition) is 6. The van der Waals surface area contributed by atoms with E-state index >= 15 is 0 Å². The smallest absolute Gasteiger partial charge is 0.246 e. The summed E-state index contributed by atoms with van der Waals surface area (Å²) in [5.74, 6) is 0.799. The summed E-state index contributed by atoms with van der Waals surface area (Å²) in [7, 11) is 0. The number of ether oxygens (including phenoxy) is 2. The van der Waals surface area contributed by atoms with Crippen molar-refractivity contribution in [2.24, 2.45) is 0 Å². The molecule has 0 radical (unpaired) electrons. The summed E-state index contributed by atoms with van der Waals surface area (Å²) < 4.78 is 27.0. The highest BCUT2D eigenvalue weighted by atomic mass is 35.5. The minimum absolute atomic E-state index is 0.0240. The molecule has 2 aliphatic heterocycles. The maximum atomic E-state index is 14.7. The molecule has 7 nitrogen and oxygen atoms in total. The van der Waals surface area contributed by atoms with Crippen molar-refractivity contribution in [2.75, 3.05) is 11.9 Å². The normalized spacial score (nSPS) is 20.9. The number of nitrogens with one attached hydrogen (secondary N) is 1. The van der Waals surface area contributed by atoms with E-state index in [4.69, 9.17) is 32.7 Å². The van der Waals surface area contributed by atoms with Crippen LogP contribution in [0.2, 0.25) is 10.0 Å². The van der Waals surface area contributed by atoms with Crippen LogP contribution in [0.3, 0.4) is 0 Å². The molecule has 2 aromatic carbocycles. The third-order valence-electron chi connectivity index (χ3n) is 6.70. The summed E-state index contributed by atoms with van der Waals surface area (Å²) in [5.41, 5.74) is 0.742. The molecule has 10 heteroatoms. The Labute approximate surface area is 218 Å². The van der Waals surface area contributed by atoms with Gasteiger partial charge in [0, 0.05) is 36.4 Å². The number of halogens is 3. The van der Waals surface area contributed by atoms with E-state index in [0.717, 1.165) is 25.7 Å². The van der Waals surface area contributed by atoms with Gasteiger partial charge in [-0.1, -0.05) is 29.8 Å². The maximum absolute atomic E-state index is 14.7. The highest BCUT2D eigenvalue weighted by molar-refractivity contribution is 6.42. The van der Waals surface area contributed by atoms with Gasteiger partial charge in [-0.05, 0) is 44.0 Å². The standard InChI is InChI=1S/C26H25Cl2FN4O3/c1-3-23(34)33-14-5-6-15(33)10-16(9-14)36-22-11-17-20(12-21(22)35-4-2)30-13-31-26(17)32-19-8-7-18(27)24(28)25(19)29/h3,7-8,11-16H,1,4-6,9-10H2,2H3,(H,30,31,32)/t14-,15+,16?. The first-order valence-electron chi connectivity index (χ1n) is 11.8. The van der Waals surface area contributed by atoms with Crippen molar-refractivity contribution in [1.29, 1.82) is 0 Å². The summed E-state index contributed by atoms with van der Waals surface area (Å²) in [6, 6.07) is 6.87. The van der Waals surface area contributed by atoms with E-state index in [9.17, 15) is 9.18 Å². The number of fused-ring (bicyclic) bond motifs is 3. The number of piperidine rings is 1. The zero-order valence-corrected chi connectivity index (χ0v) is 21.2. The molecule has 1 unspecified atom stereocenters. The first-order chi connectivity index (χ1) is 17.4. The van der Waals surface area contributed by atoms with Crippen molar-refractivity contribution < 1.29 is 18.7 Å². The first-order valence-corrected chi connectivity index (χ1v) is 12.6. The Kier molecular flexibility index (Phi) is 6.90. The van der Waals surface area contributed by atoms with Crippen LogP contribution in [-0.4, -0.2) is 45.6 Å². The molecule has 0 aliphatic carbocycles. The van der Waals surface area contributed by atoms with Gasteiger partial charge in [-0.2, -0.15) is 0 Å². The number of anilines is 2. The third kappa shape index (κ3) is 4.55. The van der Waals surface area contributed by atoms with E-state index < -0.39 is 5.82 Å². The van der Waals surface area contributed by atoms with Crippen molar-refractivity contribution >= 4 is 51.5 Å². The number of nitrogens with zero attached hydrogens (tertiary/aromatic N) is 3. The van der Waals surface area contributed by atoms with Crippen LogP contribution in [-0.2, 0) is 4.79 Å². The van der Waals surface area contributed by atoms with Crippen LogP contribution < -0.4 is 14.8 Å². The van der Waals surface area contributed by atoms with Crippen LogP contribution in [0.5, 0.6) is 11.5 Å². The predicted octanol–water partition coefficient (Wildman–Crippen LogP) is 6.30. The Hall–Kier alpha value is -3.10. The monoisotopic (exact) mass is 530 g/mol. The van der Waals surface area contributed by atoms with E-state index in [-0.39, 0.29) is 39.8 Å². The van der Waals surface area contributed by atoms with Crippen molar-refractivity contribution in [3.05, 3.63) is 59.1 Å². The molecule has 5 rings (SSSR count). The zero-order valence-electron chi connectivity index (χ0n) is 19.6. The Bertz CT molecular complexity index is 1320.